The van der Waals surface area contributed by atoms with Crippen LogP contribution in [-0.4, -0.2) is 10.1 Å². The van der Waals surface area contributed by atoms with Crippen LogP contribution in [0.1, 0.15) is 11.7 Å². The quantitative estimate of drug-likeness (QED) is 0.795. The van der Waals surface area contributed by atoms with Crippen LogP contribution in [0.2, 0.25) is 5.02 Å². The van der Waals surface area contributed by atoms with E-state index in [2.05, 4.69) is 10.1 Å². The first-order chi connectivity index (χ1) is 8.29. The average molecular weight is 266 g/mol. The molecule has 1 aromatic heterocycles. The third-order valence-corrected chi connectivity index (χ3v) is 3.45. The van der Waals surface area contributed by atoms with Gasteiger partial charge in [0.1, 0.15) is 6.42 Å². The maximum absolute atomic E-state index is 8.47. The number of hydrogen-bond donors (Lipinski definition) is 0. The number of nitrogens with zero attached hydrogens (tertiary/aromatic N) is 3. The second kappa shape index (κ2) is 5.71. The van der Waals surface area contributed by atoms with Crippen LogP contribution in [0.15, 0.2) is 33.7 Å². The first kappa shape index (κ1) is 12.0. The van der Waals surface area contributed by atoms with E-state index < -0.39 is 0 Å². The van der Waals surface area contributed by atoms with Crippen molar-refractivity contribution in [3.8, 4) is 6.07 Å². The summed E-state index contributed by atoms with van der Waals surface area (Å²) in [6.45, 7) is 0. The van der Waals surface area contributed by atoms with Gasteiger partial charge >= 0.3 is 0 Å². The second-order valence-corrected chi connectivity index (χ2v) is 4.58. The molecule has 0 amide bonds. The fourth-order valence-electron chi connectivity index (χ4n) is 1.19. The molecular formula is C11H8ClN3OS. The Bertz CT molecular complexity index is 550. The summed E-state index contributed by atoms with van der Waals surface area (Å²) >= 11 is 7.55. The number of benzene rings is 1. The number of thioether (sulfide) groups is 1. The molecule has 0 unspecified atom stereocenters. The van der Waals surface area contributed by atoms with Crippen molar-refractivity contribution in [2.24, 2.45) is 0 Å². The van der Waals surface area contributed by atoms with Crippen LogP contribution in [0.5, 0.6) is 0 Å². The van der Waals surface area contributed by atoms with E-state index in [0.29, 0.717) is 22.5 Å². The fourth-order valence-corrected chi connectivity index (χ4v) is 2.27. The lowest BCUT2D eigenvalue weighted by molar-refractivity contribution is 0.383. The molecule has 0 aliphatic heterocycles. The summed E-state index contributed by atoms with van der Waals surface area (Å²) in [5, 5.41) is 13.0. The van der Waals surface area contributed by atoms with E-state index in [4.69, 9.17) is 21.4 Å². The Morgan fingerprint density at radius 3 is 3.00 bits per heavy atom. The molecule has 6 heteroatoms. The molecule has 1 aromatic carbocycles. The van der Waals surface area contributed by atoms with Crippen molar-refractivity contribution in [1.29, 1.82) is 5.26 Å². The summed E-state index contributed by atoms with van der Waals surface area (Å²) in [6.07, 6.45) is 0.143. The van der Waals surface area contributed by atoms with Crippen LogP contribution in [0.3, 0.4) is 0 Å². The predicted molar refractivity (Wildman–Crippen MR) is 64.6 cm³/mol. The van der Waals surface area contributed by atoms with E-state index in [-0.39, 0.29) is 6.42 Å². The van der Waals surface area contributed by atoms with E-state index in [0.717, 1.165) is 4.90 Å². The van der Waals surface area contributed by atoms with Gasteiger partial charge in [-0.1, -0.05) is 28.9 Å². The lowest BCUT2D eigenvalue weighted by Gasteiger charge is -2.00. The normalized spacial score (nSPS) is 10.1. The predicted octanol–water partition coefficient (Wildman–Crippen LogP) is 3.08. The standard InChI is InChI=1S/C11H8ClN3OS/c12-8-3-1-2-4-9(8)17-7-10-14-11(5-6-13)16-15-10/h1-4H,5,7H2. The van der Waals surface area contributed by atoms with Crippen molar-refractivity contribution in [3.05, 3.63) is 41.0 Å². The molecular weight excluding hydrogens is 258 g/mol. The van der Waals surface area contributed by atoms with Gasteiger partial charge in [-0.15, -0.1) is 11.8 Å². The van der Waals surface area contributed by atoms with Crippen LogP contribution in [0.25, 0.3) is 0 Å². The highest BCUT2D eigenvalue weighted by molar-refractivity contribution is 7.98. The average Bonchev–Trinajstić information content (AvgIpc) is 2.76. The number of rotatable bonds is 4. The molecule has 0 aliphatic carbocycles. The highest BCUT2D eigenvalue weighted by Crippen LogP contribution is 2.28. The maximum atomic E-state index is 8.47. The largest absolute Gasteiger partial charge is 0.338 e. The molecule has 86 valence electrons. The molecule has 4 nitrogen and oxygen atoms in total. The first-order valence-corrected chi connectivity index (χ1v) is 6.21. The van der Waals surface area contributed by atoms with Gasteiger partial charge in [0.25, 0.3) is 0 Å². The molecule has 1 heterocycles. The SMILES string of the molecule is N#CCc1nc(CSc2ccccc2Cl)no1. The Labute approximate surface area is 108 Å². The summed E-state index contributed by atoms with van der Waals surface area (Å²) in [4.78, 5) is 5.05. The summed E-state index contributed by atoms with van der Waals surface area (Å²) < 4.78 is 4.89. The lowest BCUT2D eigenvalue weighted by atomic mass is 10.4. The van der Waals surface area contributed by atoms with Crippen LogP contribution < -0.4 is 0 Å². The van der Waals surface area contributed by atoms with Gasteiger partial charge < -0.3 is 4.52 Å². The van der Waals surface area contributed by atoms with Crippen molar-refractivity contribution in [1.82, 2.24) is 10.1 Å². The molecule has 17 heavy (non-hydrogen) atoms. The Morgan fingerprint density at radius 2 is 2.24 bits per heavy atom. The van der Waals surface area contributed by atoms with Crippen molar-refractivity contribution >= 4 is 23.4 Å². The first-order valence-electron chi connectivity index (χ1n) is 4.85. The minimum atomic E-state index is 0.143. The molecule has 0 saturated heterocycles. The van der Waals surface area contributed by atoms with Crippen LogP contribution in [-0.2, 0) is 12.2 Å². The van der Waals surface area contributed by atoms with E-state index in [1.165, 1.54) is 11.8 Å². The Hall–Kier alpha value is -1.51. The van der Waals surface area contributed by atoms with Crippen LogP contribution in [0.4, 0.5) is 0 Å². The number of halogens is 1. The molecule has 0 radical (unpaired) electrons. The molecule has 0 bridgehead atoms. The summed E-state index contributed by atoms with van der Waals surface area (Å²) in [7, 11) is 0. The monoisotopic (exact) mass is 265 g/mol. The summed E-state index contributed by atoms with van der Waals surface area (Å²) in [6, 6.07) is 9.53. The minimum absolute atomic E-state index is 0.143. The van der Waals surface area contributed by atoms with Crippen LogP contribution in [0, 0.1) is 11.3 Å². The van der Waals surface area contributed by atoms with Gasteiger partial charge in [-0.05, 0) is 12.1 Å². The van der Waals surface area contributed by atoms with E-state index in [1.807, 2.05) is 30.3 Å². The van der Waals surface area contributed by atoms with Crippen molar-refractivity contribution in [3.63, 3.8) is 0 Å². The Kier molecular flexibility index (Phi) is 4.02. The molecule has 0 N–H and O–H groups in total. The van der Waals surface area contributed by atoms with Gasteiger partial charge in [-0.25, -0.2) is 0 Å². The zero-order valence-corrected chi connectivity index (χ0v) is 10.3. The zero-order chi connectivity index (χ0) is 12.1. The van der Waals surface area contributed by atoms with Gasteiger partial charge in [0, 0.05) is 4.90 Å². The number of aromatic nitrogens is 2. The third kappa shape index (κ3) is 3.22. The number of hydrogen-bond acceptors (Lipinski definition) is 5. The summed E-state index contributed by atoms with van der Waals surface area (Å²) in [5.74, 6) is 1.49. The number of nitriles is 1. The Balaban J connectivity index is 1.98. The molecule has 0 saturated carbocycles. The van der Waals surface area contributed by atoms with Crippen molar-refractivity contribution in [2.75, 3.05) is 0 Å². The topological polar surface area (TPSA) is 62.7 Å². The molecule has 2 rings (SSSR count). The van der Waals surface area contributed by atoms with Gasteiger partial charge in [0.15, 0.2) is 5.82 Å². The smallest absolute Gasteiger partial charge is 0.240 e. The lowest BCUT2D eigenvalue weighted by Crippen LogP contribution is -1.86. The van der Waals surface area contributed by atoms with Gasteiger partial charge in [-0.3, -0.25) is 0 Å². The minimum Gasteiger partial charge on any atom is -0.338 e. The Morgan fingerprint density at radius 1 is 1.41 bits per heavy atom. The van der Waals surface area contributed by atoms with Gasteiger partial charge in [0.2, 0.25) is 5.89 Å². The van der Waals surface area contributed by atoms with Gasteiger partial charge in [-0.2, -0.15) is 10.2 Å². The summed E-state index contributed by atoms with van der Waals surface area (Å²) in [5.41, 5.74) is 0. The van der Waals surface area contributed by atoms with Gasteiger partial charge in [0.05, 0.1) is 16.8 Å². The van der Waals surface area contributed by atoms with E-state index >= 15 is 0 Å². The molecule has 0 fully saturated rings. The maximum Gasteiger partial charge on any atom is 0.240 e. The highest BCUT2D eigenvalue weighted by atomic mass is 35.5. The second-order valence-electron chi connectivity index (χ2n) is 3.16. The molecule has 2 aromatic rings. The highest BCUT2D eigenvalue weighted by Gasteiger charge is 2.07. The van der Waals surface area contributed by atoms with E-state index in [1.54, 1.807) is 0 Å². The molecule has 0 spiro atoms. The fraction of sp³-hybridized carbons (Fsp3) is 0.182. The molecule has 0 atom stereocenters. The molecule has 0 aliphatic rings. The van der Waals surface area contributed by atoms with Crippen LogP contribution >= 0.6 is 23.4 Å². The van der Waals surface area contributed by atoms with Crippen molar-refractivity contribution < 1.29 is 4.52 Å². The van der Waals surface area contributed by atoms with Crippen molar-refractivity contribution in [2.45, 2.75) is 17.1 Å². The third-order valence-electron chi connectivity index (χ3n) is 1.93. The van der Waals surface area contributed by atoms with E-state index in [9.17, 15) is 0 Å². The zero-order valence-electron chi connectivity index (χ0n) is 8.76.